The minimum absolute atomic E-state index is 0.196. The SMILES string of the molecule is CCN(CC)c1nc(Cl)nc2c1ncn2C[C@@H](C)O. The van der Waals surface area contributed by atoms with E-state index in [0.29, 0.717) is 17.7 Å². The number of hydrogen-bond donors (Lipinski definition) is 1. The second kappa shape index (κ2) is 5.71. The van der Waals surface area contributed by atoms with E-state index in [1.807, 2.05) is 0 Å². The quantitative estimate of drug-likeness (QED) is 0.846. The van der Waals surface area contributed by atoms with Gasteiger partial charge in [-0.3, -0.25) is 0 Å². The Morgan fingerprint density at radius 3 is 2.63 bits per heavy atom. The van der Waals surface area contributed by atoms with E-state index in [2.05, 4.69) is 33.7 Å². The van der Waals surface area contributed by atoms with Crippen molar-refractivity contribution in [3.05, 3.63) is 11.6 Å². The molecular weight excluding hydrogens is 266 g/mol. The fraction of sp³-hybridized carbons (Fsp3) is 0.583. The monoisotopic (exact) mass is 283 g/mol. The number of aromatic nitrogens is 4. The van der Waals surface area contributed by atoms with Crippen molar-refractivity contribution in [2.45, 2.75) is 33.4 Å². The van der Waals surface area contributed by atoms with Crippen LogP contribution in [-0.4, -0.2) is 43.8 Å². The Morgan fingerprint density at radius 2 is 2.05 bits per heavy atom. The van der Waals surface area contributed by atoms with E-state index in [4.69, 9.17) is 11.6 Å². The van der Waals surface area contributed by atoms with Gasteiger partial charge in [0.2, 0.25) is 5.28 Å². The van der Waals surface area contributed by atoms with Gasteiger partial charge in [-0.2, -0.15) is 9.97 Å². The Labute approximate surface area is 117 Å². The third-order valence-electron chi connectivity index (χ3n) is 2.94. The summed E-state index contributed by atoms with van der Waals surface area (Å²) in [5.74, 6) is 0.740. The van der Waals surface area contributed by atoms with Gasteiger partial charge in [-0.15, -0.1) is 0 Å². The van der Waals surface area contributed by atoms with Gasteiger partial charge >= 0.3 is 0 Å². The number of fused-ring (bicyclic) bond motifs is 1. The standard InChI is InChI=1S/C12H18ClN5O/c1-4-17(5-2)10-9-11(16-12(13)15-10)18(7-14-9)6-8(3)19/h7-8,19H,4-6H2,1-3H3/t8-/m1/s1. The van der Waals surface area contributed by atoms with E-state index in [1.165, 1.54) is 0 Å². The first-order chi connectivity index (χ1) is 9.06. The first kappa shape index (κ1) is 14.0. The van der Waals surface area contributed by atoms with Crippen molar-refractivity contribution in [1.29, 1.82) is 0 Å². The fourth-order valence-electron chi connectivity index (χ4n) is 2.07. The zero-order valence-corrected chi connectivity index (χ0v) is 12.1. The van der Waals surface area contributed by atoms with E-state index < -0.39 is 6.10 Å². The van der Waals surface area contributed by atoms with Gasteiger partial charge in [-0.25, -0.2) is 4.98 Å². The molecule has 0 aliphatic carbocycles. The van der Waals surface area contributed by atoms with Crippen LogP contribution in [0.25, 0.3) is 11.2 Å². The van der Waals surface area contributed by atoms with Gasteiger partial charge in [0, 0.05) is 13.1 Å². The molecule has 0 aliphatic heterocycles. The summed E-state index contributed by atoms with van der Waals surface area (Å²) >= 11 is 5.99. The maximum atomic E-state index is 9.49. The Morgan fingerprint density at radius 1 is 1.37 bits per heavy atom. The summed E-state index contributed by atoms with van der Waals surface area (Å²) in [6.07, 6.45) is 1.19. The normalized spacial score (nSPS) is 12.9. The van der Waals surface area contributed by atoms with Crippen LogP contribution >= 0.6 is 11.6 Å². The molecule has 1 N–H and O–H groups in total. The van der Waals surface area contributed by atoms with Crippen molar-refractivity contribution in [3.8, 4) is 0 Å². The van der Waals surface area contributed by atoms with Crippen LogP contribution in [0.4, 0.5) is 5.82 Å². The molecule has 6 nitrogen and oxygen atoms in total. The van der Waals surface area contributed by atoms with Crippen molar-refractivity contribution in [1.82, 2.24) is 19.5 Å². The first-order valence-corrected chi connectivity index (χ1v) is 6.76. The maximum absolute atomic E-state index is 9.49. The number of imidazole rings is 1. The highest BCUT2D eigenvalue weighted by Crippen LogP contribution is 2.24. The molecule has 0 fully saturated rings. The van der Waals surface area contributed by atoms with Crippen molar-refractivity contribution in [2.75, 3.05) is 18.0 Å². The van der Waals surface area contributed by atoms with Gasteiger partial charge in [-0.05, 0) is 32.4 Å². The number of hydrogen-bond acceptors (Lipinski definition) is 5. The summed E-state index contributed by atoms with van der Waals surface area (Å²) in [7, 11) is 0. The summed E-state index contributed by atoms with van der Waals surface area (Å²) in [4.78, 5) is 14.9. The van der Waals surface area contributed by atoms with Crippen LogP contribution in [0, 0.1) is 0 Å². The summed E-state index contributed by atoms with van der Waals surface area (Å²) < 4.78 is 1.79. The van der Waals surface area contributed by atoms with E-state index in [-0.39, 0.29) is 5.28 Å². The molecule has 2 aromatic rings. The second-order valence-corrected chi connectivity index (χ2v) is 4.74. The summed E-state index contributed by atoms with van der Waals surface area (Å²) in [6.45, 7) is 7.90. The molecule has 7 heteroatoms. The van der Waals surface area contributed by atoms with Gasteiger partial charge < -0.3 is 14.6 Å². The van der Waals surface area contributed by atoms with Crippen molar-refractivity contribution >= 4 is 28.6 Å². The molecule has 0 unspecified atom stereocenters. The summed E-state index contributed by atoms with van der Waals surface area (Å²) in [6, 6.07) is 0. The van der Waals surface area contributed by atoms with Crippen LogP contribution < -0.4 is 4.90 Å². The van der Waals surface area contributed by atoms with E-state index in [1.54, 1.807) is 17.8 Å². The number of aliphatic hydroxyl groups is 1. The van der Waals surface area contributed by atoms with Crippen LogP contribution in [0.5, 0.6) is 0 Å². The Kier molecular flexibility index (Phi) is 4.21. The predicted octanol–water partition coefficient (Wildman–Crippen LogP) is 1.71. The zero-order valence-electron chi connectivity index (χ0n) is 11.3. The lowest BCUT2D eigenvalue weighted by Gasteiger charge is -2.19. The number of anilines is 1. The summed E-state index contributed by atoms with van der Waals surface area (Å²) in [5, 5.41) is 9.68. The number of rotatable bonds is 5. The number of aliphatic hydroxyl groups excluding tert-OH is 1. The van der Waals surface area contributed by atoms with Crippen LogP contribution in [0.2, 0.25) is 5.28 Å². The third-order valence-corrected chi connectivity index (χ3v) is 3.11. The zero-order chi connectivity index (χ0) is 14.0. The molecule has 2 rings (SSSR count). The molecule has 2 aromatic heterocycles. The molecule has 0 saturated carbocycles. The first-order valence-electron chi connectivity index (χ1n) is 6.38. The highest BCUT2D eigenvalue weighted by atomic mass is 35.5. The maximum Gasteiger partial charge on any atom is 0.226 e. The minimum Gasteiger partial charge on any atom is -0.392 e. The Hall–Kier alpha value is -1.40. The van der Waals surface area contributed by atoms with Crippen molar-refractivity contribution in [3.63, 3.8) is 0 Å². The average molecular weight is 284 g/mol. The largest absolute Gasteiger partial charge is 0.392 e. The third kappa shape index (κ3) is 2.79. The lowest BCUT2D eigenvalue weighted by Crippen LogP contribution is -2.23. The van der Waals surface area contributed by atoms with Gasteiger partial charge in [0.05, 0.1) is 19.0 Å². The molecule has 0 aliphatic rings. The van der Waals surface area contributed by atoms with Crippen LogP contribution in [-0.2, 0) is 6.54 Å². The number of halogens is 1. The van der Waals surface area contributed by atoms with Gasteiger partial charge in [0.1, 0.15) is 0 Å². The highest BCUT2D eigenvalue weighted by molar-refractivity contribution is 6.28. The van der Waals surface area contributed by atoms with Crippen LogP contribution in [0.15, 0.2) is 6.33 Å². The molecule has 0 bridgehead atoms. The molecule has 0 saturated heterocycles. The van der Waals surface area contributed by atoms with E-state index in [9.17, 15) is 5.11 Å². The molecule has 1 atom stereocenters. The second-order valence-electron chi connectivity index (χ2n) is 4.41. The molecule has 0 spiro atoms. The molecule has 0 radical (unpaired) electrons. The van der Waals surface area contributed by atoms with E-state index in [0.717, 1.165) is 18.9 Å². The molecular formula is C12H18ClN5O. The van der Waals surface area contributed by atoms with Crippen LogP contribution in [0.3, 0.4) is 0 Å². The number of nitrogens with zero attached hydrogens (tertiary/aromatic N) is 5. The van der Waals surface area contributed by atoms with Gasteiger partial charge in [0.15, 0.2) is 17.0 Å². The molecule has 19 heavy (non-hydrogen) atoms. The van der Waals surface area contributed by atoms with Crippen molar-refractivity contribution in [2.24, 2.45) is 0 Å². The molecule has 2 heterocycles. The van der Waals surface area contributed by atoms with Gasteiger partial charge in [-0.1, -0.05) is 0 Å². The average Bonchev–Trinajstić information content (AvgIpc) is 2.73. The van der Waals surface area contributed by atoms with Gasteiger partial charge in [0.25, 0.3) is 0 Å². The Bertz CT molecular complexity index is 564. The minimum atomic E-state index is -0.469. The fourth-order valence-corrected chi connectivity index (χ4v) is 2.23. The molecule has 0 aromatic carbocycles. The highest BCUT2D eigenvalue weighted by Gasteiger charge is 2.16. The predicted molar refractivity (Wildman–Crippen MR) is 75.6 cm³/mol. The Balaban J connectivity index is 2.57. The molecule has 104 valence electrons. The van der Waals surface area contributed by atoms with Crippen LogP contribution in [0.1, 0.15) is 20.8 Å². The lowest BCUT2D eigenvalue weighted by molar-refractivity contribution is 0.175. The topological polar surface area (TPSA) is 67.1 Å². The molecule has 0 amide bonds. The summed E-state index contributed by atoms with van der Waals surface area (Å²) in [5.41, 5.74) is 1.37. The van der Waals surface area contributed by atoms with Crippen molar-refractivity contribution < 1.29 is 5.11 Å². The lowest BCUT2D eigenvalue weighted by atomic mass is 10.4. The smallest absolute Gasteiger partial charge is 0.226 e. The van der Waals surface area contributed by atoms with E-state index >= 15 is 0 Å².